The molecule has 8 nitrogen and oxygen atoms in total. The van der Waals surface area contributed by atoms with Crippen molar-refractivity contribution in [2.45, 2.75) is 58.9 Å². The fraction of sp³-hybridized carbons (Fsp3) is 0.393. The summed E-state index contributed by atoms with van der Waals surface area (Å²) in [5.41, 5.74) is 7.17. The van der Waals surface area contributed by atoms with Crippen molar-refractivity contribution < 1.29 is 9.53 Å². The Hall–Kier alpha value is -3.81. The Balaban J connectivity index is 1.71. The number of amides is 1. The molecule has 0 bridgehead atoms. The molecule has 2 aromatic carbocycles. The predicted octanol–water partition coefficient (Wildman–Crippen LogP) is 4.07. The van der Waals surface area contributed by atoms with Gasteiger partial charge in [-0.25, -0.2) is 4.79 Å². The zero-order chi connectivity index (χ0) is 26.3. The Bertz CT molecular complexity index is 1270. The molecule has 1 amide bonds. The van der Waals surface area contributed by atoms with Crippen molar-refractivity contribution in [3.8, 4) is 5.75 Å². The number of rotatable bonds is 10. The van der Waals surface area contributed by atoms with Gasteiger partial charge in [-0.1, -0.05) is 70.2 Å². The Morgan fingerprint density at radius 2 is 1.72 bits per heavy atom. The topological polar surface area (TPSA) is 110 Å². The maximum Gasteiger partial charge on any atom is 0.330 e. The molecule has 36 heavy (non-hydrogen) atoms. The molecule has 0 aliphatic carbocycles. The van der Waals surface area contributed by atoms with E-state index in [2.05, 4.69) is 25.8 Å². The Morgan fingerprint density at radius 3 is 2.33 bits per heavy atom. The molecule has 0 atom stereocenters. The number of aromatic nitrogens is 2. The van der Waals surface area contributed by atoms with E-state index in [9.17, 15) is 14.4 Å². The van der Waals surface area contributed by atoms with Gasteiger partial charge < -0.3 is 15.4 Å². The van der Waals surface area contributed by atoms with Gasteiger partial charge in [0.05, 0.1) is 13.2 Å². The molecule has 3 rings (SSSR count). The number of hydrogen-bond acceptors (Lipinski definition) is 5. The van der Waals surface area contributed by atoms with Crippen LogP contribution >= 0.6 is 0 Å². The number of benzene rings is 2. The molecule has 0 fully saturated rings. The van der Waals surface area contributed by atoms with Crippen molar-refractivity contribution in [2.24, 2.45) is 0 Å². The van der Waals surface area contributed by atoms with E-state index in [4.69, 9.17) is 10.5 Å². The number of ether oxygens (including phenoxy) is 1. The zero-order valence-corrected chi connectivity index (χ0v) is 21.5. The SMILES string of the molecule is CCCN(C(=O)CCCOc1ccc(C(C)(C)C)cc1)c1c(N)n(Cc2ccccc2)c(=O)[nH]c1=O. The number of nitrogens with zero attached hydrogens (tertiary/aromatic N) is 2. The largest absolute Gasteiger partial charge is 0.494 e. The first-order valence-corrected chi connectivity index (χ1v) is 12.3. The number of aromatic amines is 1. The fourth-order valence-electron chi connectivity index (χ4n) is 3.95. The van der Waals surface area contributed by atoms with Crippen molar-refractivity contribution in [1.82, 2.24) is 9.55 Å². The molecule has 1 heterocycles. The smallest absolute Gasteiger partial charge is 0.330 e. The minimum absolute atomic E-state index is 0.0102. The van der Waals surface area contributed by atoms with Crippen LogP contribution in [0.4, 0.5) is 11.5 Å². The summed E-state index contributed by atoms with van der Waals surface area (Å²) in [5.74, 6) is 0.477. The monoisotopic (exact) mass is 492 g/mol. The molecule has 0 aliphatic rings. The van der Waals surface area contributed by atoms with E-state index in [0.29, 0.717) is 26.0 Å². The van der Waals surface area contributed by atoms with Gasteiger partial charge in [-0.15, -0.1) is 0 Å². The number of H-pyrrole nitrogens is 1. The summed E-state index contributed by atoms with van der Waals surface area (Å²) in [6.45, 7) is 9.23. The van der Waals surface area contributed by atoms with Crippen LogP contribution in [0, 0.1) is 0 Å². The summed E-state index contributed by atoms with van der Waals surface area (Å²) in [4.78, 5) is 42.1. The molecule has 0 unspecified atom stereocenters. The van der Waals surface area contributed by atoms with Gasteiger partial charge in [0.25, 0.3) is 5.56 Å². The van der Waals surface area contributed by atoms with Gasteiger partial charge in [-0.05, 0) is 41.5 Å². The first-order chi connectivity index (χ1) is 17.1. The second kappa shape index (κ2) is 11.7. The fourth-order valence-corrected chi connectivity index (χ4v) is 3.95. The third kappa shape index (κ3) is 6.65. The van der Waals surface area contributed by atoms with Gasteiger partial charge >= 0.3 is 5.69 Å². The maximum absolute atomic E-state index is 13.1. The normalized spacial score (nSPS) is 11.3. The van der Waals surface area contributed by atoms with Crippen LogP contribution in [0.15, 0.2) is 64.2 Å². The lowest BCUT2D eigenvalue weighted by atomic mass is 9.87. The van der Waals surface area contributed by atoms with Crippen molar-refractivity contribution in [1.29, 1.82) is 0 Å². The number of nitrogens with two attached hydrogens (primary N) is 1. The standard InChI is InChI=1S/C28H36N4O4/c1-5-17-31(23(33)12-9-18-36-22-15-13-21(14-16-22)28(2,3)4)24-25(29)32(27(35)30-26(24)34)19-20-10-7-6-8-11-20/h6-8,10-11,13-16H,5,9,12,17-19,29H2,1-4H3,(H,30,34,35). The average molecular weight is 493 g/mol. The van der Waals surface area contributed by atoms with Crippen LogP contribution in [0.5, 0.6) is 5.75 Å². The number of hydrogen-bond donors (Lipinski definition) is 2. The zero-order valence-electron chi connectivity index (χ0n) is 21.5. The molecule has 0 aliphatic heterocycles. The summed E-state index contributed by atoms with van der Waals surface area (Å²) in [6.07, 6.45) is 1.28. The Labute approximate surface area is 211 Å². The first kappa shape index (κ1) is 26.8. The highest BCUT2D eigenvalue weighted by Gasteiger charge is 2.23. The summed E-state index contributed by atoms with van der Waals surface area (Å²) in [7, 11) is 0. The second-order valence-corrected chi connectivity index (χ2v) is 9.84. The van der Waals surface area contributed by atoms with Gasteiger partial charge in [-0.3, -0.25) is 19.1 Å². The molecule has 0 radical (unpaired) electrons. The highest BCUT2D eigenvalue weighted by atomic mass is 16.5. The van der Waals surface area contributed by atoms with Crippen LogP contribution < -0.4 is 26.6 Å². The van der Waals surface area contributed by atoms with Crippen LogP contribution in [0.1, 0.15) is 58.1 Å². The van der Waals surface area contributed by atoms with Gasteiger partial charge in [0, 0.05) is 13.0 Å². The van der Waals surface area contributed by atoms with E-state index in [-0.39, 0.29) is 35.8 Å². The Kier molecular flexibility index (Phi) is 8.74. The molecular weight excluding hydrogens is 456 g/mol. The van der Waals surface area contributed by atoms with Crippen LogP contribution in [-0.2, 0) is 16.8 Å². The maximum atomic E-state index is 13.1. The number of carbonyl (C=O) groups excluding carboxylic acids is 1. The van der Waals surface area contributed by atoms with Gasteiger partial charge in [-0.2, -0.15) is 0 Å². The van der Waals surface area contributed by atoms with E-state index in [1.54, 1.807) is 0 Å². The lowest BCUT2D eigenvalue weighted by Gasteiger charge is -2.24. The summed E-state index contributed by atoms with van der Waals surface area (Å²) in [5, 5.41) is 0. The molecule has 3 N–H and O–H groups in total. The van der Waals surface area contributed by atoms with E-state index >= 15 is 0 Å². The number of nitrogen functional groups attached to an aromatic ring is 1. The number of carbonyl (C=O) groups is 1. The molecule has 0 spiro atoms. The van der Waals surface area contributed by atoms with Crippen molar-refractivity contribution in [3.05, 3.63) is 86.6 Å². The minimum atomic E-state index is -0.668. The van der Waals surface area contributed by atoms with Crippen LogP contribution in [0.25, 0.3) is 0 Å². The highest BCUT2D eigenvalue weighted by Crippen LogP contribution is 2.24. The summed E-state index contributed by atoms with van der Waals surface area (Å²) in [6, 6.07) is 17.3. The van der Waals surface area contributed by atoms with E-state index in [1.165, 1.54) is 15.0 Å². The Morgan fingerprint density at radius 1 is 1.06 bits per heavy atom. The van der Waals surface area contributed by atoms with Crippen molar-refractivity contribution >= 4 is 17.4 Å². The summed E-state index contributed by atoms with van der Waals surface area (Å²) < 4.78 is 7.09. The lowest BCUT2D eigenvalue weighted by Crippen LogP contribution is -2.41. The molecule has 0 saturated heterocycles. The van der Waals surface area contributed by atoms with Crippen LogP contribution in [0.2, 0.25) is 0 Å². The van der Waals surface area contributed by atoms with Crippen LogP contribution in [-0.4, -0.2) is 28.6 Å². The molecular formula is C28H36N4O4. The van der Waals surface area contributed by atoms with Gasteiger partial charge in [0.2, 0.25) is 5.91 Å². The molecule has 8 heteroatoms. The number of anilines is 2. The van der Waals surface area contributed by atoms with Gasteiger partial charge in [0.15, 0.2) is 5.69 Å². The second-order valence-electron chi connectivity index (χ2n) is 9.84. The first-order valence-electron chi connectivity index (χ1n) is 12.3. The molecule has 1 aromatic heterocycles. The summed E-state index contributed by atoms with van der Waals surface area (Å²) >= 11 is 0. The molecule has 3 aromatic rings. The average Bonchev–Trinajstić information content (AvgIpc) is 2.84. The van der Waals surface area contributed by atoms with E-state index in [1.807, 2.05) is 61.5 Å². The van der Waals surface area contributed by atoms with Crippen molar-refractivity contribution in [2.75, 3.05) is 23.8 Å². The number of nitrogens with one attached hydrogen (secondary N) is 1. The predicted molar refractivity (Wildman–Crippen MR) is 144 cm³/mol. The third-order valence-corrected chi connectivity index (χ3v) is 5.94. The van der Waals surface area contributed by atoms with Gasteiger partial charge in [0.1, 0.15) is 11.6 Å². The highest BCUT2D eigenvalue weighted by molar-refractivity contribution is 5.95. The molecule has 192 valence electrons. The third-order valence-electron chi connectivity index (χ3n) is 5.94. The van der Waals surface area contributed by atoms with Crippen molar-refractivity contribution in [3.63, 3.8) is 0 Å². The molecule has 0 saturated carbocycles. The quantitative estimate of drug-likeness (QED) is 0.415. The minimum Gasteiger partial charge on any atom is -0.494 e. The van der Waals surface area contributed by atoms with Crippen LogP contribution in [0.3, 0.4) is 0 Å². The van der Waals surface area contributed by atoms with E-state index < -0.39 is 11.2 Å². The van der Waals surface area contributed by atoms with E-state index in [0.717, 1.165) is 11.3 Å². The lowest BCUT2D eigenvalue weighted by molar-refractivity contribution is -0.118.